The van der Waals surface area contributed by atoms with E-state index in [1.165, 1.54) is 45.3 Å². The molecule has 1 saturated carbocycles. The molecule has 0 spiro atoms. The zero-order valence-electron chi connectivity index (χ0n) is 11.0. The van der Waals surface area contributed by atoms with Crippen molar-refractivity contribution in [3.63, 3.8) is 0 Å². The van der Waals surface area contributed by atoms with Crippen LogP contribution in [0.3, 0.4) is 0 Å². The van der Waals surface area contributed by atoms with Gasteiger partial charge in [-0.2, -0.15) is 0 Å². The molecule has 2 atom stereocenters. The molecule has 0 aromatic rings. The normalized spacial score (nSPS) is 37.2. The molecule has 1 N–H and O–H groups in total. The predicted octanol–water partition coefficient (Wildman–Crippen LogP) is 1.49. The van der Waals surface area contributed by atoms with Gasteiger partial charge in [-0.1, -0.05) is 0 Å². The number of hydrogen-bond donors (Lipinski definition) is 1. The van der Waals surface area contributed by atoms with E-state index in [-0.39, 0.29) is 0 Å². The van der Waals surface area contributed by atoms with E-state index in [1.807, 2.05) is 0 Å². The van der Waals surface area contributed by atoms with E-state index >= 15 is 0 Å². The van der Waals surface area contributed by atoms with Gasteiger partial charge in [-0.3, -0.25) is 4.90 Å². The van der Waals surface area contributed by atoms with Crippen LogP contribution in [0.2, 0.25) is 0 Å². The zero-order chi connectivity index (χ0) is 11.7. The molecule has 3 heteroatoms. The van der Waals surface area contributed by atoms with Crippen LogP contribution in [-0.4, -0.2) is 49.8 Å². The first-order chi connectivity index (χ1) is 8.33. The Morgan fingerprint density at radius 1 is 1.18 bits per heavy atom. The second kappa shape index (κ2) is 5.25. The average Bonchev–Trinajstić information content (AvgIpc) is 3.15. The Hall–Kier alpha value is -0.120. The van der Waals surface area contributed by atoms with Crippen LogP contribution < -0.4 is 5.32 Å². The molecular weight excluding hydrogens is 212 g/mol. The lowest BCUT2D eigenvalue weighted by atomic mass is 9.96. The van der Waals surface area contributed by atoms with Crippen molar-refractivity contribution in [2.24, 2.45) is 11.8 Å². The highest BCUT2D eigenvalue weighted by Crippen LogP contribution is 2.36. The summed E-state index contributed by atoms with van der Waals surface area (Å²) in [5, 5.41) is 3.65. The molecule has 98 valence electrons. The predicted molar refractivity (Wildman–Crippen MR) is 69.1 cm³/mol. The third kappa shape index (κ3) is 3.01. The van der Waals surface area contributed by atoms with Gasteiger partial charge in [-0.05, 0) is 44.4 Å². The van der Waals surface area contributed by atoms with E-state index < -0.39 is 0 Å². The maximum atomic E-state index is 5.47. The summed E-state index contributed by atoms with van der Waals surface area (Å²) in [6.45, 7) is 8.07. The van der Waals surface area contributed by atoms with Crippen LogP contribution in [0.25, 0.3) is 0 Å². The van der Waals surface area contributed by atoms with Crippen molar-refractivity contribution in [3.05, 3.63) is 0 Å². The highest BCUT2D eigenvalue weighted by atomic mass is 16.5. The van der Waals surface area contributed by atoms with Gasteiger partial charge in [0.2, 0.25) is 0 Å². The van der Waals surface area contributed by atoms with Crippen LogP contribution >= 0.6 is 0 Å². The fraction of sp³-hybridized carbons (Fsp3) is 1.00. The lowest BCUT2D eigenvalue weighted by Gasteiger charge is -2.42. The van der Waals surface area contributed by atoms with Gasteiger partial charge in [0.15, 0.2) is 0 Å². The zero-order valence-corrected chi connectivity index (χ0v) is 11.0. The van der Waals surface area contributed by atoms with Crippen molar-refractivity contribution in [1.29, 1.82) is 0 Å². The lowest BCUT2D eigenvalue weighted by molar-refractivity contribution is 0.0331. The fourth-order valence-electron chi connectivity index (χ4n) is 3.42. The van der Waals surface area contributed by atoms with Gasteiger partial charge in [-0.25, -0.2) is 0 Å². The number of rotatable bonds is 3. The molecule has 2 saturated heterocycles. The highest BCUT2D eigenvalue weighted by Gasteiger charge is 2.38. The minimum absolute atomic E-state index is 0.671. The Morgan fingerprint density at radius 3 is 2.65 bits per heavy atom. The molecule has 2 unspecified atom stereocenters. The summed E-state index contributed by atoms with van der Waals surface area (Å²) in [6, 6.07) is 1.50. The van der Waals surface area contributed by atoms with Crippen LogP contribution in [0.15, 0.2) is 0 Å². The molecule has 2 aliphatic heterocycles. The molecule has 0 radical (unpaired) electrons. The van der Waals surface area contributed by atoms with Crippen LogP contribution in [0.5, 0.6) is 0 Å². The van der Waals surface area contributed by atoms with Crippen LogP contribution in [-0.2, 0) is 4.74 Å². The van der Waals surface area contributed by atoms with Crippen molar-refractivity contribution in [2.75, 3.05) is 32.8 Å². The molecule has 3 aliphatic rings. The summed E-state index contributed by atoms with van der Waals surface area (Å²) in [5.41, 5.74) is 0. The smallest absolute Gasteiger partial charge is 0.0469 e. The first-order valence-electron chi connectivity index (χ1n) is 7.38. The summed E-state index contributed by atoms with van der Waals surface area (Å²) in [4.78, 5) is 2.79. The highest BCUT2D eigenvalue weighted by molar-refractivity contribution is 4.94. The summed E-state index contributed by atoms with van der Waals surface area (Å²) in [6.07, 6.45) is 5.47. The van der Waals surface area contributed by atoms with Crippen molar-refractivity contribution < 1.29 is 4.74 Å². The topological polar surface area (TPSA) is 24.5 Å². The fourth-order valence-corrected chi connectivity index (χ4v) is 3.42. The van der Waals surface area contributed by atoms with E-state index in [9.17, 15) is 0 Å². The molecule has 1 aliphatic carbocycles. The Morgan fingerprint density at radius 2 is 1.94 bits per heavy atom. The molecule has 2 heterocycles. The Kier molecular flexibility index (Phi) is 3.69. The average molecular weight is 238 g/mol. The van der Waals surface area contributed by atoms with E-state index in [0.29, 0.717) is 6.04 Å². The lowest BCUT2D eigenvalue weighted by Crippen LogP contribution is -2.57. The SMILES string of the molecule is CC1CN(CC2CCOCC2)C(C2CC2)CN1. The van der Waals surface area contributed by atoms with Gasteiger partial charge in [-0.15, -0.1) is 0 Å². The summed E-state index contributed by atoms with van der Waals surface area (Å²) >= 11 is 0. The number of hydrogen-bond acceptors (Lipinski definition) is 3. The summed E-state index contributed by atoms with van der Waals surface area (Å²) in [5.74, 6) is 1.88. The van der Waals surface area contributed by atoms with Crippen molar-refractivity contribution >= 4 is 0 Å². The first kappa shape index (κ1) is 11.9. The molecular formula is C14H26N2O. The number of nitrogens with zero attached hydrogens (tertiary/aromatic N) is 1. The Bertz CT molecular complexity index is 249. The standard InChI is InChI=1S/C14H26N2O/c1-11-9-16(10-12-4-6-17-7-5-12)14(8-15-11)13-2-3-13/h11-15H,2-10H2,1H3. The molecule has 0 aromatic carbocycles. The molecule has 0 bridgehead atoms. The maximum Gasteiger partial charge on any atom is 0.0469 e. The molecule has 0 amide bonds. The number of ether oxygens (including phenoxy) is 1. The maximum absolute atomic E-state index is 5.47. The van der Waals surface area contributed by atoms with Gasteiger partial charge < -0.3 is 10.1 Å². The van der Waals surface area contributed by atoms with Crippen molar-refractivity contribution in [2.45, 2.75) is 44.7 Å². The van der Waals surface area contributed by atoms with E-state index in [2.05, 4.69) is 17.1 Å². The van der Waals surface area contributed by atoms with Gasteiger partial charge in [0, 0.05) is 44.9 Å². The minimum Gasteiger partial charge on any atom is -0.381 e. The van der Waals surface area contributed by atoms with Gasteiger partial charge >= 0.3 is 0 Å². The van der Waals surface area contributed by atoms with E-state index in [1.54, 1.807) is 0 Å². The molecule has 3 rings (SSSR count). The summed E-state index contributed by atoms with van der Waals surface area (Å²) < 4.78 is 5.47. The second-order valence-corrected chi connectivity index (χ2v) is 6.22. The van der Waals surface area contributed by atoms with Gasteiger partial charge in [0.05, 0.1) is 0 Å². The number of nitrogens with one attached hydrogen (secondary N) is 1. The first-order valence-corrected chi connectivity index (χ1v) is 7.38. The quantitative estimate of drug-likeness (QED) is 0.806. The minimum atomic E-state index is 0.671. The summed E-state index contributed by atoms with van der Waals surface area (Å²) in [7, 11) is 0. The molecule has 0 aromatic heterocycles. The van der Waals surface area contributed by atoms with Crippen molar-refractivity contribution in [1.82, 2.24) is 10.2 Å². The molecule has 17 heavy (non-hydrogen) atoms. The molecule has 3 fully saturated rings. The van der Waals surface area contributed by atoms with Crippen molar-refractivity contribution in [3.8, 4) is 0 Å². The number of piperazine rings is 1. The van der Waals surface area contributed by atoms with Gasteiger partial charge in [0.25, 0.3) is 0 Å². The second-order valence-electron chi connectivity index (χ2n) is 6.22. The van der Waals surface area contributed by atoms with Crippen LogP contribution in [0.4, 0.5) is 0 Å². The van der Waals surface area contributed by atoms with Gasteiger partial charge in [0.1, 0.15) is 0 Å². The third-order valence-electron chi connectivity index (χ3n) is 4.65. The largest absolute Gasteiger partial charge is 0.381 e. The molecule has 3 nitrogen and oxygen atoms in total. The Balaban J connectivity index is 1.57. The van der Waals surface area contributed by atoms with Crippen LogP contribution in [0.1, 0.15) is 32.6 Å². The third-order valence-corrected chi connectivity index (χ3v) is 4.65. The van der Waals surface area contributed by atoms with Crippen LogP contribution in [0, 0.1) is 11.8 Å². The van der Waals surface area contributed by atoms with E-state index in [4.69, 9.17) is 4.74 Å². The van der Waals surface area contributed by atoms with E-state index in [0.717, 1.165) is 31.1 Å². The monoisotopic (exact) mass is 238 g/mol. The Labute approximate surface area is 105 Å².